The van der Waals surface area contributed by atoms with Crippen LogP contribution in [0.25, 0.3) is 0 Å². The van der Waals surface area contributed by atoms with E-state index >= 15 is 0 Å². The van der Waals surface area contributed by atoms with Gasteiger partial charge >= 0.3 is 0 Å². The number of nitrogens with one attached hydrogen (secondary N) is 1. The molecule has 0 amide bonds. The van der Waals surface area contributed by atoms with Gasteiger partial charge in [0.15, 0.2) is 5.82 Å². The Morgan fingerprint density at radius 2 is 2.05 bits per heavy atom. The Morgan fingerprint density at radius 1 is 1.27 bits per heavy atom. The Kier molecular flexibility index (Phi) is 3.26. The van der Waals surface area contributed by atoms with E-state index in [1.54, 1.807) is 17.5 Å². The number of halogens is 2. The van der Waals surface area contributed by atoms with Crippen LogP contribution < -0.4 is 5.32 Å². The Hall–Kier alpha value is -1.41. The summed E-state index contributed by atoms with van der Waals surface area (Å²) in [5.41, 5.74) is -0.354. The van der Waals surface area contributed by atoms with Crippen molar-refractivity contribution in [2.45, 2.75) is 42.9 Å². The molecule has 0 aromatic carbocycles. The molecule has 2 aliphatic rings. The van der Waals surface area contributed by atoms with Gasteiger partial charge in [0.1, 0.15) is 5.01 Å². The maximum atomic E-state index is 13.0. The summed E-state index contributed by atoms with van der Waals surface area (Å²) in [6.07, 6.45) is 3.05. The van der Waals surface area contributed by atoms with Crippen LogP contribution in [0.15, 0.2) is 16.1 Å². The molecule has 3 heterocycles. The molecule has 0 radical (unpaired) electrons. The predicted octanol–water partition coefficient (Wildman–Crippen LogP) is 2.71. The monoisotopic (exact) mass is 326 g/mol. The standard InChI is InChI=1S/C14H16F2N4OS/c15-14(16)7-9(8-14)10-19-11(20-21-10)13(1-3-17-4-2-13)12-18-5-6-22-12/h5-6,9,17H,1-4,7-8H2. The highest BCUT2D eigenvalue weighted by Gasteiger charge is 2.49. The molecule has 1 aliphatic carbocycles. The predicted molar refractivity (Wildman–Crippen MR) is 76.2 cm³/mol. The minimum atomic E-state index is -2.58. The normalized spacial score (nSPS) is 24.1. The van der Waals surface area contributed by atoms with Gasteiger partial charge < -0.3 is 9.84 Å². The second-order valence-electron chi connectivity index (χ2n) is 6.09. The maximum Gasteiger partial charge on any atom is 0.249 e. The van der Waals surface area contributed by atoms with E-state index in [0.717, 1.165) is 30.9 Å². The largest absolute Gasteiger partial charge is 0.339 e. The lowest BCUT2D eigenvalue weighted by molar-refractivity contribution is -0.0925. The lowest BCUT2D eigenvalue weighted by Gasteiger charge is -2.33. The van der Waals surface area contributed by atoms with Crippen LogP contribution in [0.3, 0.4) is 0 Å². The highest BCUT2D eigenvalue weighted by atomic mass is 32.1. The topological polar surface area (TPSA) is 63.8 Å². The summed E-state index contributed by atoms with van der Waals surface area (Å²) in [6, 6.07) is 0. The lowest BCUT2D eigenvalue weighted by atomic mass is 9.78. The summed E-state index contributed by atoms with van der Waals surface area (Å²) < 4.78 is 31.4. The first-order chi connectivity index (χ1) is 10.6. The molecule has 0 spiro atoms. The fourth-order valence-corrected chi connectivity index (χ4v) is 4.17. The Balaban J connectivity index is 1.65. The zero-order chi connectivity index (χ0) is 15.2. The van der Waals surface area contributed by atoms with E-state index in [1.807, 2.05) is 5.38 Å². The van der Waals surface area contributed by atoms with Crippen molar-refractivity contribution in [3.8, 4) is 0 Å². The second-order valence-corrected chi connectivity index (χ2v) is 6.98. The van der Waals surface area contributed by atoms with Gasteiger partial charge in [-0.15, -0.1) is 11.3 Å². The van der Waals surface area contributed by atoms with Crippen LogP contribution in [0.2, 0.25) is 0 Å². The van der Waals surface area contributed by atoms with Gasteiger partial charge in [-0.3, -0.25) is 0 Å². The van der Waals surface area contributed by atoms with Crippen LogP contribution in [-0.4, -0.2) is 34.1 Å². The molecule has 1 aliphatic heterocycles. The maximum absolute atomic E-state index is 13.0. The lowest BCUT2D eigenvalue weighted by Crippen LogP contribution is -2.41. The average Bonchev–Trinajstić information content (AvgIpc) is 3.17. The van der Waals surface area contributed by atoms with Crippen molar-refractivity contribution in [2.24, 2.45) is 0 Å². The zero-order valence-corrected chi connectivity index (χ0v) is 12.7. The Labute approximate surface area is 130 Å². The van der Waals surface area contributed by atoms with E-state index in [-0.39, 0.29) is 24.2 Å². The Bertz CT molecular complexity index is 644. The molecule has 118 valence electrons. The zero-order valence-electron chi connectivity index (χ0n) is 11.9. The summed E-state index contributed by atoms with van der Waals surface area (Å²) in [5, 5.41) is 10.4. The highest BCUT2D eigenvalue weighted by Crippen LogP contribution is 2.48. The summed E-state index contributed by atoms with van der Waals surface area (Å²) in [6.45, 7) is 1.70. The molecule has 0 atom stereocenters. The quantitative estimate of drug-likeness (QED) is 0.939. The fourth-order valence-electron chi connectivity index (χ4n) is 3.28. The van der Waals surface area contributed by atoms with Crippen LogP contribution >= 0.6 is 11.3 Å². The molecule has 1 N–H and O–H groups in total. The number of aromatic nitrogens is 3. The summed E-state index contributed by atoms with van der Waals surface area (Å²) in [5.74, 6) is -1.96. The van der Waals surface area contributed by atoms with Crippen molar-refractivity contribution in [3.63, 3.8) is 0 Å². The number of nitrogens with zero attached hydrogens (tertiary/aromatic N) is 3. The van der Waals surface area contributed by atoms with Crippen molar-refractivity contribution >= 4 is 11.3 Å². The third-order valence-corrected chi connectivity index (χ3v) is 5.59. The highest BCUT2D eigenvalue weighted by molar-refractivity contribution is 7.09. The third-order valence-electron chi connectivity index (χ3n) is 4.61. The average molecular weight is 326 g/mol. The molecular formula is C14H16F2N4OS. The SMILES string of the molecule is FC1(F)CC(c2nc(C3(c4nccs4)CCNCC3)no2)C1. The molecule has 1 saturated carbocycles. The van der Waals surface area contributed by atoms with Crippen molar-refractivity contribution < 1.29 is 13.3 Å². The van der Waals surface area contributed by atoms with Gasteiger partial charge in [0.05, 0.1) is 5.41 Å². The van der Waals surface area contributed by atoms with E-state index < -0.39 is 5.92 Å². The third kappa shape index (κ3) is 2.25. The minimum Gasteiger partial charge on any atom is -0.339 e. The second kappa shape index (κ2) is 5.06. The molecule has 4 rings (SSSR count). The minimum absolute atomic E-state index is 0.194. The van der Waals surface area contributed by atoms with E-state index in [4.69, 9.17) is 4.52 Å². The van der Waals surface area contributed by atoms with Crippen molar-refractivity contribution in [2.75, 3.05) is 13.1 Å². The van der Waals surface area contributed by atoms with Crippen molar-refractivity contribution in [1.82, 2.24) is 20.4 Å². The van der Waals surface area contributed by atoms with Crippen LogP contribution in [0.5, 0.6) is 0 Å². The number of alkyl halides is 2. The first kappa shape index (κ1) is 14.2. The molecule has 0 bridgehead atoms. The Morgan fingerprint density at radius 3 is 2.68 bits per heavy atom. The van der Waals surface area contributed by atoms with Crippen LogP contribution in [0.1, 0.15) is 48.3 Å². The van der Waals surface area contributed by atoms with Crippen LogP contribution in [0, 0.1) is 0 Å². The first-order valence-electron chi connectivity index (χ1n) is 7.42. The molecule has 8 heteroatoms. The first-order valence-corrected chi connectivity index (χ1v) is 8.30. The van der Waals surface area contributed by atoms with Gasteiger partial charge in [-0.25, -0.2) is 13.8 Å². The van der Waals surface area contributed by atoms with E-state index in [1.165, 1.54) is 0 Å². The fraction of sp³-hybridized carbons (Fsp3) is 0.643. The molecule has 0 unspecified atom stereocenters. The summed E-state index contributed by atoms with van der Waals surface area (Å²) in [7, 11) is 0. The molecule has 1 saturated heterocycles. The summed E-state index contributed by atoms with van der Waals surface area (Å²) >= 11 is 1.58. The number of thiazole rings is 1. The summed E-state index contributed by atoms with van der Waals surface area (Å²) in [4.78, 5) is 8.93. The number of rotatable bonds is 3. The van der Waals surface area contributed by atoms with Crippen molar-refractivity contribution in [3.05, 3.63) is 28.3 Å². The van der Waals surface area contributed by atoms with Gasteiger partial charge in [-0.1, -0.05) is 5.16 Å². The molecule has 5 nitrogen and oxygen atoms in total. The van der Waals surface area contributed by atoms with Gasteiger partial charge in [0, 0.05) is 30.3 Å². The van der Waals surface area contributed by atoms with Gasteiger partial charge in [-0.05, 0) is 25.9 Å². The van der Waals surface area contributed by atoms with E-state index in [2.05, 4.69) is 20.4 Å². The van der Waals surface area contributed by atoms with E-state index in [0.29, 0.717) is 11.7 Å². The van der Waals surface area contributed by atoms with Gasteiger partial charge in [-0.2, -0.15) is 4.98 Å². The molecular weight excluding hydrogens is 310 g/mol. The van der Waals surface area contributed by atoms with Crippen LogP contribution in [0.4, 0.5) is 8.78 Å². The molecule has 2 fully saturated rings. The number of piperidine rings is 1. The number of hydrogen-bond donors (Lipinski definition) is 1. The molecule has 22 heavy (non-hydrogen) atoms. The molecule has 2 aromatic rings. The van der Waals surface area contributed by atoms with Crippen LogP contribution in [-0.2, 0) is 5.41 Å². The molecule has 2 aromatic heterocycles. The van der Waals surface area contributed by atoms with Gasteiger partial charge in [0.2, 0.25) is 11.8 Å². The smallest absolute Gasteiger partial charge is 0.249 e. The van der Waals surface area contributed by atoms with Gasteiger partial charge in [0.25, 0.3) is 0 Å². The van der Waals surface area contributed by atoms with Crippen molar-refractivity contribution in [1.29, 1.82) is 0 Å². The number of hydrogen-bond acceptors (Lipinski definition) is 6. The van der Waals surface area contributed by atoms with E-state index in [9.17, 15) is 8.78 Å².